The maximum atomic E-state index is 8.59. The summed E-state index contributed by atoms with van der Waals surface area (Å²) in [7, 11) is 0. The fourth-order valence-electron chi connectivity index (χ4n) is 5.09. The van der Waals surface area contributed by atoms with E-state index in [9.17, 15) is 0 Å². The number of aliphatic hydroxyl groups excluding tert-OH is 1. The second-order valence-corrected chi connectivity index (χ2v) is 12.8. The molecule has 0 bridgehead atoms. The summed E-state index contributed by atoms with van der Waals surface area (Å²) in [6, 6.07) is 0. The Kier molecular flexibility index (Phi) is 45.3. The number of aliphatic hydroxyl groups is 1. The Morgan fingerprint density at radius 1 is 0.304 bits per heavy atom. The van der Waals surface area contributed by atoms with Crippen molar-refractivity contribution < 1.29 is 66.7 Å². The standard InChI is InChI=1S/C42H78O14/c43-15-17-45-19-21-47-23-25-49-27-29-51-31-33-53-35-37-55-39-41-56-40-38-54-36-34-52-32-30-50-28-26-48-24-22-46-20-18-44-16-11-7-5-3-1-2-4-6-8-12-42-13-9-10-14-42/h9-10,13,43H,1-8,11-12,15-41H2. The van der Waals surface area contributed by atoms with Gasteiger partial charge < -0.3 is 66.7 Å². The van der Waals surface area contributed by atoms with Crippen molar-refractivity contribution in [2.24, 2.45) is 0 Å². The maximum absolute atomic E-state index is 8.59. The summed E-state index contributed by atoms with van der Waals surface area (Å²) in [5, 5.41) is 8.59. The molecule has 1 aliphatic carbocycles. The minimum atomic E-state index is 0.0249. The molecule has 0 aromatic carbocycles. The van der Waals surface area contributed by atoms with Crippen LogP contribution in [0.2, 0.25) is 0 Å². The van der Waals surface area contributed by atoms with Gasteiger partial charge in [0.05, 0.1) is 172 Å². The van der Waals surface area contributed by atoms with Crippen LogP contribution in [0.25, 0.3) is 0 Å². The van der Waals surface area contributed by atoms with Crippen molar-refractivity contribution in [3.8, 4) is 0 Å². The van der Waals surface area contributed by atoms with Crippen LogP contribution in [-0.4, -0.2) is 183 Å². The molecule has 330 valence electrons. The third-order valence-electron chi connectivity index (χ3n) is 8.10. The first-order valence-electron chi connectivity index (χ1n) is 21.2. The van der Waals surface area contributed by atoms with Crippen molar-refractivity contribution in [1.82, 2.24) is 0 Å². The molecule has 0 unspecified atom stereocenters. The molecule has 0 radical (unpaired) electrons. The Balaban J connectivity index is 1.59. The third-order valence-corrected chi connectivity index (χ3v) is 8.10. The Morgan fingerprint density at radius 3 is 0.821 bits per heavy atom. The fourth-order valence-corrected chi connectivity index (χ4v) is 5.09. The van der Waals surface area contributed by atoms with Crippen LogP contribution in [0.15, 0.2) is 29.5 Å². The van der Waals surface area contributed by atoms with Crippen LogP contribution in [-0.2, 0) is 61.6 Å². The van der Waals surface area contributed by atoms with Gasteiger partial charge in [-0.15, -0.1) is 5.73 Å². The number of allylic oxidation sites excluding steroid dienone is 3. The second kappa shape index (κ2) is 48.1. The zero-order valence-corrected chi connectivity index (χ0v) is 34.6. The summed E-state index contributed by atoms with van der Waals surface area (Å²) in [6.45, 7) is 13.7. The van der Waals surface area contributed by atoms with E-state index < -0.39 is 0 Å². The summed E-state index contributed by atoms with van der Waals surface area (Å²) >= 11 is 0. The summed E-state index contributed by atoms with van der Waals surface area (Å²) in [6.07, 6.45) is 19.2. The highest BCUT2D eigenvalue weighted by Gasteiger charge is 1.99. The van der Waals surface area contributed by atoms with Gasteiger partial charge in [0.25, 0.3) is 0 Å². The molecule has 14 heteroatoms. The minimum Gasteiger partial charge on any atom is -0.394 e. The Bertz CT molecular complexity index is 855. The summed E-state index contributed by atoms with van der Waals surface area (Å²) < 4.78 is 71.1. The quantitative estimate of drug-likeness (QED) is 0.0669. The molecule has 0 fully saturated rings. The lowest BCUT2D eigenvalue weighted by molar-refractivity contribution is -0.0292. The summed E-state index contributed by atoms with van der Waals surface area (Å²) in [5.74, 6) is 0. The van der Waals surface area contributed by atoms with Crippen LogP contribution < -0.4 is 0 Å². The highest BCUT2D eigenvalue weighted by molar-refractivity contribution is 5.28. The van der Waals surface area contributed by atoms with Crippen molar-refractivity contribution in [2.45, 2.75) is 64.2 Å². The number of rotatable bonds is 50. The predicted molar refractivity (Wildman–Crippen MR) is 215 cm³/mol. The van der Waals surface area contributed by atoms with Gasteiger partial charge >= 0.3 is 0 Å². The molecule has 14 nitrogen and oxygen atoms in total. The van der Waals surface area contributed by atoms with Gasteiger partial charge in [-0.1, -0.05) is 57.1 Å². The molecule has 1 N–H and O–H groups in total. The van der Waals surface area contributed by atoms with E-state index in [1.807, 2.05) is 6.08 Å². The molecule has 0 atom stereocenters. The van der Waals surface area contributed by atoms with Crippen molar-refractivity contribution in [1.29, 1.82) is 0 Å². The second-order valence-electron chi connectivity index (χ2n) is 12.8. The molecule has 0 aliphatic heterocycles. The average Bonchev–Trinajstić information content (AvgIpc) is 3.74. The average molecular weight is 807 g/mol. The van der Waals surface area contributed by atoms with E-state index in [0.29, 0.717) is 165 Å². The minimum absolute atomic E-state index is 0.0249. The van der Waals surface area contributed by atoms with Crippen LogP contribution in [0, 0.1) is 0 Å². The normalized spacial score (nSPS) is 12.4. The van der Waals surface area contributed by atoms with Crippen LogP contribution in [0.1, 0.15) is 64.2 Å². The van der Waals surface area contributed by atoms with E-state index in [2.05, 4.69) is 17.9 Å². The van der Waals surface area contributed by atoms with Crippen LogP contribution in [0.5, 0.6) is 0 Å². The first-order valence-corrected chi connectivity index (χ1v) is 21.2. The van der Waals surface area contributed by atoms with E-state index in [4.69, 9.17) is 66.7 Å². The van der Waals surface area contributed by atoms with Gasteiger partial charge in [0.1, 0.15) is 0 Å². The van der Waals surface area contributed by atoms with Crippen LogP contribution in [0.3, 0.4) is 0 Å². The number of hydrogen-bond donors (Lipinski definition) is 1. The fraction of sp³-hybridized carbons (Fsp3) is 0.881. The van der Waals surface area contributed by atoms with Crippen molar-refractivity contribution in [3.63, 3.8) is 0 Å². The molecule has 1 rings (SSSR count). The van der Waals surface area contributed by atoms with Gasteiger partial charge in [-0.2, -0.15) is 0 Å². The van der Waals surface area contributed by atoms with Crippen molar-refractivity contribution in [3.05, 3.63) is 29.5 Å². The Labute approximate surface area is 338 Å². The third kappa shape index (κ3) is 43.8. The van der Waals surface area contributed by atoms with Gasteiger partial charge in [-0.3, -0.25) is 0 Å². The molecule has 0 amide bonds. The highest BCUT2D eigenvalue weighted by atomic mass is 16.6. The van der Waals surface area contributed by atoms with Gasteiger partial charge in [-0.05, 0) is 30.9 Å². The first kappa shape index (κ1) is 52.7. The van der Waals surface area contributed by atoms with E-state index in [1.165, 1.54) is 63.4 Å². The topological polar surface area (TPSA) is 140 Å². The van der Waals surface area contributed by atoms with Crippen molar-refractivity contribution >= 4 is 0 Å². The molecule has 56 heavy (non-hydrogen) atoms. The number of unbranched alkanes of at least 4 members (excludes halogenated alkanes) is 8. The lowest BCUT2D eigenvalue weighted by Crippen LogP contribution is -2.15. The van der Waals surface area contributed by atoms with Crippen LogP contribution in [0.4, 0.5) is 0 Å². The summed E-state index contributed by atoms with van der Waals surface area (Å²) in [5.41, 5.74) is 4.64. The molecule has 0 saturated carbocycles. The highest BCUT2D eigenvalue weighted by Crippen LogP contribution is 2.15. The Hall–Kier alpha value is -1.30. The van der Waals surface area contributed by atoms with Crippen LogP contribution >= 0.6 is 0 Å². The van der Waals surface area contributed by atoms with Gasteiger partial charge in [0, 0.05) is 6.61 Å². The number of hydrogen-bond acceptors (Lipinski definition) is 14. The molecule has 0 spiro atoms. The zero-order valence-electron chi connectivity index (χ0n) is 34.6. The molecular weight excluding hydrogens is 728 g/mol. The van der Waals surface area contributed by atoms with Gasteiger partial charge in [0.2, 0.25) is 0 Å². The van der Waals surface area contributed by atoms with Gasteiger partial charge in [-0.25, -0.2) is 0 Å². The smallest absolute Gasteiger partial charge is 0.0701 e. The van der Waals surface area contributed by atoms with E-state index in [1.54, 1.807) is 0 Å². The molecule has 0 aromatic rings. The molecule has 0 saturated heterocycles. The molecular formula is C42H78O14. The summed E-state index contributed by atoms with van der Waals surface area (Å²) in [4.78, 5) is 0. The Morgan fingerprint density at radius 2 is 0.554 bits per heavy atom. The zero-order chi connectivity index (χ0) is 39.8. The monoisotopic (exact) mass is 807 g/mol. The largest absolute Gasteiger partial charge is 0.394 e. The maximum Gasteiger partial charge on any atom is 0.0701 e. The number of ether oxygens (including phenoxy) is 13. The molecule has 1 aliphatic rings. The SMILES string of the molecule is OCCOCCOCCOCCOCCOCCOCCOCCOCCOCCOCCOCCOCCOCCCCCCCCCCCC1=C=CC=C1. The van der Waals surface area contributed by atoms with Crippen molar-refractivity contribution in [2.75, 3.05) is 178 Å². The van der Waals surface area contributed by atoms with E-state index >= 15 is 0 Å². The molecule has 0 heterocycles. The van der Waals surface area contributed by atoms with E-state index in [0.717, 1.165) is 13.0 Å². The first-order chi connectivity index (χ1) is 27.9. The molecule has 0 aromatic heterocycles. The van der Waals surface area contributed by atoms with E-state index in [-0.39, 0.29) is 6.61 Å². The predicted octanol–water partition coefficient (Wildman–Crippen LogP) is 4.75. The lowest BCUT2D eigenvalue weighted by Gasteiger charge is -2.09. The lowest BCUT2D eigenvalue weighted by atomic mass is 10.0. The van der Waals surface area contributed by atoms with Gasteiger partial charge in [0.15, 0.2) is 0 Å².